The van der Waals surface area contributed by atoms with Crippen LogP contribution >= 0.6 is 0 Å². The maximum absolute atomic E-state index is 13.5. The van der Waals surface area contributed by atoms with Crippen LogP contribution < -0.4 is 0 Å². The van der Waals surface area contributed by atoms with Crippen molar-refractivity contribution in [3.05, 3.63) is 12.2 Å². The summed E-state index contributed by atoms with van der Waals surface area (Å²) < 4.78 is 0. The minimum absolute atomic E-state index is 0.0147. The number of likely N-dealkylation sites (tertiary alicyclic amines) is 2. The molecule has 5 heteroatoms. The number of amides is 3. The highest BCUT2D eigenvalue weighted by Crippen LogP contribution is 2.37. The molecular formula is C23H36N2O3. The fraction of sp³-hybridized carbons (Fsp3) is 0.783. The van der Waals surface area contributed by atoms with Crippen molar-refractivity contribution in [1.29, 1.82) is 0 Å². The van der Waals surface area contributed by atoms with E-state index in [1.54, 1.807) is 0 Å². The number of rotatable bonds is 6. The summed E-state index contributed by atoms with van der Waals surface area (Å²) in [5.74, 6) is 0.134. The van der Waals surface area contributed by atoms with Crippen molar-refractivity contribution < 1.29 is 14.4 Å². The lowest BCUT2D eigenvalue weighted by atomic mass is 9.85. The zero-order valence-electron chi connectivity index (χ0n) is 17.7. The van der Waals surface area contributed by atoms with Gasteiger partial charge in [0, 0.05) is 13.1 Å². The van der Waals surface area contributed by atoms with E-state index in [1.165, 1.54) is 24.2 Å². The van der Waals surface area contributed by atoms with E-state index >= 15 is 0 Å². The lowest BCUT2D eigenvalue weighted by Crippen LogP contribution is -2.52. The molecule has 2 heterocycles. The second-order valence-corrected chi connectivity index (χ2v) is 9.26. The van der Waals surface area contributed by atoms with Crippen molar-refractivity contribution in [2.24, 2.45) is 23.7 Å². The van der Waals surface area contributed by atoms with E-state index in [0.29, 0.717) is 25.2 Å². The van der Waals surface area contributed by atoms with Gasteiger partial charge < -0.3 is 4.90 Å². The normalized spacial score (nSPS) is 29.2. The van der Waals surface area contributed by atoms with Gasteiger partial charge in [0.25, 0.3) is 0 Å². The molecule has 0 spiro atoms. The molecule has 0 radical (unpaired) electrons. The minimum Gasteiger partial charge on any atom is -0.341 e. The summed E-state index contributed by atoms with van der Waals surface area (Å²) in [5, 5.41) is 0. The fourth-order valence-corrected chi connectivity index (χ4v) is 5.19. The molecule has 4 atom stereocenters. The first-order valence-corrected chi connectivity index (χ1v) is 11.2. The number of nitrogens with zero attached hydrogens (tertiary/aromatic N) is 2. The van der Waals surface area contributed by atoms with Crippen LogP contribution in [0, 0.1) is 23.7 Å². The smallest absolute Gasteiger partial charge is 0.245 e. The largest absolute Gasteiger partial charge is 0.341 e. The number of hydrogen-bond acceptors (Lipinski definition) is 3. The molecule has 2 fully saturated rings. The zero-order chi connectivity index (χ0) is 20.3. The first-order chi connectivity index (χ1) is 13.4. The lowest BCUT2D eigenvalue weighted by molar-refractivity contribution is -0.152. The zero-order valence-corrected chi connectivity index (χ0v) is 17.7. The molecule has 1 aliphatic carbocycles. The quantitative estimate of drug-likeness (QED) is 0.514. The monoisotopic (exact) mass is 388 g/mol. The van der Waals surface area contributed by atoms with Gasteiger partial charge in [0.15, 0.2) is 0 Å². The molecule has 3 aliphatic rings. The van der Waals surface area contributed by atoms with Gasteiger partial charge in [-0.1, -0.05) is 45.8 Å². The Kier molecular flexibility index (Phi) is 6.95. The summed E-state index contributed by atoms with van der Waals surface area (Å²) in [6.07, 6.45) is 11.4. The fourth-order valence-electron chi connectivity index (χ4n) is 5.19. The number of carbonyl (C=O) groups is 3. The molecule has 0 saturated carbocycles. The third-order valence-corrected chi connectivity index (χ3v) is 6.69. The Balaban J connectivity index is 1.77. The van der Waals surface area contributed by atoms with Gasteiger partial charge in [-0.2, -0.15) is 0 Å². The van der Waals surface area contributed by atoms with Crippen molar-refractivity contribution in [2.45, 2.75) is 78.2 Å². The van der Waals surface area contributed by atoms with Crippen LogP contribution in [-0.4, -0.2) is 46.7 Å². The molecular weight excluding hydrogens is 352 g/mol. The summed E-state index contributed by atoms with van der Waals surface area (Å²) in [5.41, 5.74) is 0. The predicted octanol–water partition coefficient (Wildman–Crippen LogP) is 3.78. The first kappa shape index (κ1) is 21.1. The van der Waals surface area contributed by atoms with Gasteiger partial charge in [-0.15, -0.1) is 0 Å². The Hall–Kier alpha value is -1.65. The SMILES string of the molecule is CCCC1CCCN(C(=O)C(CC(C)C)N2C(=O)C3CC=CCC3C2=O)CC1. The first-order valence-electron chi connectivity index (χ1n) is 11.2. The molecule has 0 aromatic heterocycles. The van der Waals surface area contributed by atoms with Crippen molar-refractivity contribution >= 4 is 17.7 Å². The lowest BCUT2D eigenvalue weighted by Gasteiger charge is -2.32. The average Bonchev–Trinajstić information content (AvgIpc) is 2.82. The van der Waals surface area contributed by atoms with Gasteiger partial charge in [-0.05, 0) is 50.4 Å². The summed E-state index contributed by atoms with van der Waals surface area (Å²) in [4.78, 5) is 42.9. The molecule has 3 amide bonds. The van der Waals surface area contributed by atoms with Crippen molar-refractivity contribution in [3.63, 3.8) is 0 Å². The minimum atomic E-state index is -0.631. The van der Waals surface area contributed by atoms with E-state index in [9.17, 15) is 14.4 Å². The molecule has 0 bridgehead atoms. The average molecular weight is 389 g/mol. The molecule has 4 unspecified atom stereocenters. The van der Waals surface area contributed by atoms with Gasteiger partial charge >= 0.3 is 0 Å². The van der Waals surface area contributed by atoms with Crippen LogP contribution in [0.3, 0.4) is 0 Å². The molecule has 28 heavy (non-hydrogen) atoms. The Morgan fingerprint density at radius 1 is 1.07 bits per heavy atom. The highest BCUT2D eigenvalue weighted by Gasteiger charge is 2.51. The molecule has 156 valence electrons. The highest BCUT2D eigenvalue weighted by molar-refractivity contribution is 6.08. The Labute approximate surface area is 169 Å². The molecule has 0 N–H and O–H groups in total. The maximum atomic E-state index is 13.5. The van der Waals surface area contributed by atoms with Crippen LogP contribution in [0.25, 0.3) is 0 Å². The number of carbonyl (C=O) groups excluding carboxylic acids is 3. The van der Waals surface area contributed by atoms with E-state index in [2.05, 4.69) is 20.8 Å². The highest BCUT2D eigenvalue weighted by atomic mass is 16.2. The second-order valence-electron chi connectivity index (χ2n) is 9.26. The van der Waals surface area contributed by atoms with Crippen molar-refractivity contribution in [1.82, 2.24) is 9.80 Å². The van der Waals surface area contributed by atoms with Crippen molar-refractivity contribution in [3.8, 4) is 0 Å². The molecule has 0 aromatic carbocycles. The number of fused-ring (bicyclic) bond motifs is 1. The number of allylic oxidation sites excluding steroid dienone is 2. The molecule has 0 aromatic rings. The third kappa shape index (κ3) is 4.33. The van der Waals surface area contributed by atoms with E-state index in [4.69, 9.17) is 0 Å². The van der Waals surface area contributed by atoms with Gasteiger partial charge in [0.2, 0.25) is 17.7 Å². The third-order valence-electron chi connectivity index (χ3n) is 6.69. The second kappa shape index (κ2) is 9.23. The Morgan fingerprint density at radius 3 is 2.29 bits per heavy atom. The number of hydrogen-bond donors (Lipinski definition) is 0. The van der Waals surface area contributed by atoms with Crippen LogP contribution in [0.15, 0.2) is 12.2 Å². The van der Waals surface area contributed by atoms with Crippen LogP contribution in [0.1, 0.15) is 72.1 Å². The van der Waals surface area contributed by atoms with Crippen LogP contribution in [0.2, 0.25) is 0 Å². The van der Waals surface area contributed by atoms with Crippen molar-refractivity contribution in [2.75, 3.05) is 13.1 Å². The van der Waals surface area contributed by atoms with E-state index in [-0.39, 0.29) is 35.5 Å². The summed E-state index contributed by atoms with van der Waals surface area (Å²) >= 11 is 0. The molecule has 3 rings (SSSR count). The van der Waals surface area contributed by atoms with E-state index in [1.807, 2.05) is 17.1 Å². The topological polar surface area (TPSA) is 57.7 Å². The van der Waals surface area contributed by atoms with Gasteiger partial charge in [0.05, 0.1) is 11.8 Å². The summed E-state index contributed by atoms with van der Waals surface area (Å²) in [7, 11) is 0. The number of imide groups is 1. The summed E-state index contributed by atoms with van der Waals surface area (Å²) in [6, 6.07) is -0.631. The maximum Gasteiger partial charge on any atom is 0.245 e. The molecule has 5 nitrogen and oxygen atoms in total. The predicted molar refractivity (Wildman–Crippen MR) is 109 cm³/mol. The van der Waals surface area contributed by atoms with Crippen LogP contribution in [0.5, 0.6) is 0 Å². The Bertz CT molecular complexity index is 601. The molecule has 2 aliphatic heterocycles. The van der Waals surface area contributed by atoms with Gasteiger partial charge in [-0.3, -0.25) is 19.3 Å². The summed E-state index contributed by atoms with van der Waals surface area (Å²) in [6.45, 7) is 7.83. The van der Waals surface area contributed by atoms with E-state index < -0.39 is 6.04 Å². The van der Waals surface area contributed by atoms with E-state index in [0.717, 1.165) is 25.9 Å². The molecule has 2 saturated heterocycles. The van der Waals surface area contributed by atoms with Gasteiger partial charge in [0.1, 0.15) is 6.04 Å². The van der Waals surface area contributed by atoms with Crippen LogP contribution in [0.4, 0.5) is 0 Å². The standard InChI is InChI=1S/C23H36N2O3/c1-4-8-17-9-7-13-24(14-12-17)23(28)20(15-16(2)3)25-21(26)18-10-5-6-11-19(18)22(25)27/h5-6,16-20H,4,7-15H2,1-3H3. The Morgan fingerprint density at radius 2 is 1.71 bits per heavy atom. The van der Waals surface area contributed by atoms with Crippen LogP contribution in [-0.2, 0) is 14.4 Å². The van der Waals surface area contributed by atoms with Gasteiger partial charge in [-0.25, -0.2) is 0 Å².